The van der Waals surface area contributed by atoms with Gasteiger partial charge in [-0.25, -0.2) is 14.8 Å². The number of nitrogens with one attached hydrogen (secondary N) is 2. The topological polar surface area (TPSA) is 121 Å². The van der Waals surface area contributed by atoms with E-state index in [-0.39, 0.29) is 5.69 Å². The van der Waals surface area contributed by atoms with E-state index >= 15 is 0 Å². The van der Waals surface area contributed by atoms with Crippen LogP contribution in [0, 0.1) is 0 Å². The largest absolute Gasteiger partial charge is 0.474 e. The first-order valence-electron chi connectivity index (χ1n) is 3.71. The molecule has 1 aromatic heterocycles. The number of aliphatic carboxylic acids is 1. The molecule has 0 aromatic carbocycles. The molecule has 0 aliphatic rings. The van der Waals surface area contributed by atoms with Gasteiger partial charge in [0, 0.05) is 6.20 Å². The number of hydrogen-bond acceptors (Lipinski definition) is 5. The Morgan fingerprint density at radius 3 is 2.53 bits per heavy atom. The van der Waals surface area contributed by atoms with Crippen LogP contribution in [0.25, 0.3) is 0 Å². The van der Waals surface area contributed by atoms with E-state index in [0.29, 0.717) is 0 Å². The maximum atomic E-state index is 11.2. The second-order valence-corrected chi connectivity index (χ2v) is 2.31. The molecule has 0 spiro atoms. The molecule has 1 heterocycles. The van der Waals surface area contributed by atoms with Gasteiger partial charge in [0.05, 0.1) is 0 Å². The molecule has 0 aliphatic heterocycles. The number of nitrogens with zero attached hydrogens (tertiary/aromatic N) is 2. The monoisotopic (exact) mass is 210 g/mol. The fraction of sp³-hybridized carbons (Fsp3) is 0. The van der Waals surface area contributed by atoms with Crippen molar-refractivity contribution in [3.63, 3.8) is 0 Å². The zero-order valence-corrected chi connectivity index (χ0v) is 7.30. The van der Waals surface area contributed by atoms with E-state index in [2.05, 4.69) is 9.97 Å². The Balaban J connectivity index is 2.51. The summed E-state index contributed by atoms with van der Waals surface area (Å²) in [4.78, 5) is 38.9. The van der Waals surface area contributed by atoms with Gasteiger partial charge in [-0.05, 0) is 6.07 Å². The van der Waals surface area contributed by atoms with Crippen LogP contribution in [0.2, 0.25) is 0 Å². The zero-order valence-electron chi connectivity index (χ0n) is 7.30. The first kappa shape index (κ1) is 10.6. The van der Waals surface area contributed by atoms with Gasteiger partial charge >= 0.3 is 11.9 Å². The number of rotatable bonds is 1. The smallest absolute Gasteiger partial charge is 0.396 e. The summed E-state index contributed by atoms with van der Waals surface area (Å²) in [5, 5.41) is 8.18. The van der Waals surface area contributed by atoms with Crippen LogP contribution >= 0.6 is 0 Å². The highest BCUT2D eigenvalue weighted by Gasteiger charge is 2.12. The summed E-state index contributed by atoms with van der Waals surface area (Å²) in [5.41, 5.74) is 3.56. The number of carboxylic acids is 1. The third kappa shape index (κ3) is 3.03. The summed E-state index contributed by atoms with van der Waals surface area (Å²) in [6.45, 7) is 0. The van der Waals surface area contributed by atoms with Crippen LogP contribution in [-0.4, -0.2) is 32.9 Å². The summed E-state index contributed by atoms with van der Waals surface area (Å²) >= 11 is 0. The molecule has 0 unspecified atom stereocenters. The Morgan fingerprint density at radius 1 is 1.27 bits per heavy atom. The van der Waals surface area contributed by atoms with E-state index in [4.69, 9.17) is 5.11 Å². The van der Waals surface area contributed by atoms with Crippen LogP contribution in [-0.2, 0) is 9.59 Å². The molecule has 3 N–H and O–H groups in total. The molecule has 1 aromatic rings. The number of aromatic nitrogens is 2. The number of carbonyl (C=O) groups excluding carboxylic acids is 2. The van der Waals surface area contributed by atoms with Gasteiger partial charge in [0.25, 0.3) is 5.91 Å². The van der Waals surface area contributed by atoms with Crippen LogP contribution in [0.4, 0.5) is 0 Å². The summed E-state index contributed by atoms with van der Waals surface area (Å²) in [5.74, 6) is -3.76. The van der Waals surface area contributed by atoms with E-state index in [0.717, 1.165) is 6.33 Å². The average molecular weight is 210 g/mol. The molecule has 8 heteroatoms. The van der Waals surface area contributed by atoms with Crippen LogP contribution < -0.4 is 10.9 Å². The number of carbonyl (C=O) groups is 3. The van der Waals surface area contributed by atoms with Gasteiger partial charge in [-0.2, -0.15) is 0 Å². The lowest BCUT2D eigenvalue weighted by molar-refractivity contribution is -0.150. The lowest BCUT2D eigenvalue weighted by Crippen LogP contribution is -2.45. The minimum absolute atomic E-state index is 0.00990. The molecular weight excluding hydrogens is 204 g/mol. The van der Waals surface area contributed by atoms with Crippen LogP contribution in [0.3, 0.4) is 0 Å². The molecule has 2 amide bonds. The molecule has 0 fully saturated rings. The Labute approximate surface area is 83.3 Å². The summed E-state index contributed by atoms with van der Waals surface area (Å²) < 4.78 is 0. The second-order valence-electron chi connectivity index (χ2n) is 2.31. The van der Waals surface area contributed by atoms with E-state index < -0.39 is 17.8 Å². The molecular formula is C7H6N4O4. The van der Waals surface area contributed by atoms with Gasteiger partial charge in [-0.1, -0.05) is 0 Å². The Hall–Kier alpha value is -2.51. The highest BCUT2D eigenvalue weighted by molar-refractivity contribution is 6.31. The van der Waals surface area contributed by atoms with Crippen LogP contribution in [0.15, 0.2) is 18.6 Å². The second kappa shape index (κ2) is 4.65. The SMILES string of the molecule is O=C(O)C(=O)NNC(=O)c1ccncn1. The van der Waals surface area contributed by atoms with Crippen molar-refractivity contribution in [1.82, 2.24) is 20.8 Å². The zero-order chi connectivity index (χ0) is 11.3. The molecule has 0 bridgehead atoms. The van der Waals surface area contributed by atoms with Crippen molar-refractivity contribution in [3.8, 4) is 0 Å². The Morgan fingerprint density at radius 2 is 2.00 bits per heavy atom. The molecule has 0 saturated carbocycles. The van der Waals surface area contributed by atoms with Gasteiger partial charge in [-0.15, -0.1) is 0 Å². The minimum Gasteiger partial charge on any atom is -0.474 e. The third-order valence-electron chi connectivity index (χ3n) is 1.30. The Bertz CT molecular complexity index is 391. The fourth-order valence-corrected chi connectivity index (χ4v) is 0.656. The molecule has 0 saturated heterocycles. The molecule has 1 rings (SSSR count). The minimum atomic E-state index is -1.70. The number of hydrogen-bond donors (Lipinski definition) is 3. The highest BCUT2D eigenvalue weighted by Crippen LogP contribution is 1.88. The van der Waals surface area contributed by atoms with Gasteiger partial charge in [0.2, 0.25) is 0 Å². The molecule has 0 atom stereocenters. The lowest BCUT2D eigenvalue weighted by Gasteiger charge is -2.03. The van der Waals surface area contributed by atoms with Crippen LogP contribution in [0.1, 0.15) is 10.5 Å². The van der Waals surface area contributed by atoms with Crippen molar-refractivity contribution in [2.45, 2.75) is 0 Å². The number of hydrazine groups is 1. The van der Waals surface area contributed by atoms with Crippen molar-refractivity contribution >= 4 is 17.8 Å². The normalized spacial score (nSPS) is 9.07. The molecule has 0 radical (unpaired) electrons. The fourth-order valence-electron chi connectivity index (χ4n) is 0.656. The Kier molecular flexibility index (Phi) is 3.28. The van der Waals surface area contributed by atoms with Crippen molar-refractivity contribution in [2.75, 3.05) is 0 Å². The number of carboxylic acid groups (broad SMARTS) is 1. The molecule has 15 heavy (non-hydrogen) atoms. The first-order valence-corrected chi connectivity index (χ1v) is 3.71. The third-order valence-corrected chi connectivity index (χ3v) is 1.30. The maximum absolute atomic E-state index is 11.2. The molecule has 78 valence electrons. The predicted octanol–water partition coefficient (Wildman–Crippen LogP) is -1.68. The number of amides is 2. The van der Waals surface area contributed by atoms with Crippen molar-refractivity contribution in [1.29, 1.82) is 0 Å². The van der Waals surface area contributed by atoms with Crippen molar-refractivity contribution in [2.24, 2.45) is 0 Å². The van der Waals surface area contributed by atoms with Crippen LogP contribution in [0.5, 0.6) is 0 Å². The molecule has 8 nitrogen and oxygen atoms in total. The first-order chi connectivity index (χ1) is 7.11. The lowest BCUT2D eigenvalue weighted by atomic mass is 10.4. The quantitative estimate of drug-likeness (QED) is 0.376. The van der Waals surface area contributed by atoms with E-state index in [1.54, 1.807) is 5.43 Å². The average Bonchev–Trinajstić information content (AvgIpc) is 2.26. The van der Waals surface area contributed by atoms with Gasteiger partial charge < -0.3 is 5.11 Å². The summed E-state index contributed by atoms with van der Waals surface area (Å²) in [7, 11) is 0. The van der Waals surface area contributed by atoms with E-state index in [1.165, 1.54) is 12.3 Å². The predicted molar refractivity (Wildman–Crippen MR) is 45.3 cm³/mol. The summed E-state index contributed by atoms with van der Waals surface area (Å²) in [6.07, 6.45) is 2.48. The molecule has 0 aliphatic carbocycles. The van der Waals surface area contributed by atoms with Crippen molar-refractivity contribution in [3.05, 3.63) is 24.3 Å². The van der Waals surface area contributed by atoms with Gasteiger partial charge in [-0.3, -0.25) is 20.4 Å². The highest BCUT2D eigenvalue weighted by atomic mass is 16.4. The van der Waals surface area contributed by atoms with Gasteiger partial charge in [0.1, 0.15) is 12.0 Å². The van der Waals surface area contributed by atoms with Crippen molar-refractivity contribution < 1.29 is 19.5 Å². The summed E-state index contributed by atoms with van der Waals surface area (Å²) in [6, 6.07) is 1.31. The standard InChI is InChI=1S/C7H6N4O4/c12-5(4-1-2-8-3-9-4)10-11-6(13)7(14)15/h1-3H,(H,10,12)(H,11,13)(H,14,15). The van der Waals surface area contributed by atoms with E-state index in [1.807, 2.05) is 5.43 Å². The van der Waals surface area contributed by atoms with E-state index in [9.17, 15) is 14.4 Å². The maximum Gasteiger partial charge on any atom is 0.396 e. The van der Waals surface area contributed by atoms with Gasteiger partial charge in [0.15, 0.2) is 0 Å².